The number of hydrogen-bond acceptors (Lipinski definition) is 1. The zero-order valence-corrected chi connectivity index (χ0v) is 19.4. The van der Waals surface area contributed by atoms with Gasteiger partial charge in [0, 0.05) is 26.1 Å². The van der Waals surface area contributed by atoms with Crippen molar-refractivity contribution in [2.45, 2.75) is 13.8 Å². The Morgan fingerprint density at radius 3 is 1.69 bits per heavy atom. The summed E-state index contributed by atoms with van der Waals surface area (Å²) in [6.07, 6.45) is 2.06. The van der Waals surface area contributed by atoms with Gasteiger partial charge in [-0.3, -0.25) is 4.99 Å². The minimum atomic E-state index is -0.201. The Bertz CT molecular complexity index is 1240. The Labute approximate surface area is 187 Å². The zero-order valence-electron chi connectivity index (χ0n) is 16.2. The quantitative estimate of drug-likeness (QED) is 0.260. The third-order valence-electron chi connectivity index (χ3n) is 5.88. The first-order valence-electron chi connectivity index (χ1n) is 9.62. The average Bonchev–Trinajstić information content (AvgIpc) is 3.04. The normalized spacial score (nSPS) is 15.6. The van der Waals surface area contributed by atoms with E-state index in [1.54, 1.807) is 0 Å². The lowest BCUT2D eigenvalue weighted by atomic mass is 9.74. The van der Waals surface area contributed by atoms with Gasteiger partial charge in [-0.25, -0.2) is 0 Å². The molecule has 0 saturated carbocycles. The van der Waals surface area contributed by atoms with Gasteiger partial charge in [0.2, 0.25) is 0 Å². The fourth-order valence-corrected chi connectivity index (χ4v) is 5.31. The minimum absolute atomic E-state index is 0.201. The van der Waals surface area contributed by atoms with Crippen molar-refractivity contribution in [1.82, 2.24) is 0 Å². The zero-order chi connectivity index (χ0) is 20.2. The van der Waals surface area contributed by atoms with Crippen LogP contribution in [-0.4, -0.2) is 5.71 Å². The molecular formula is C26H19Br2N. The topological polar surface area (TPSA) is 12.4 Å². The molecule has 0 radical (unpaired) electrons. The molecule has 1 aliphatic heterocycles. The first kappa shape index (κ1) is 18.8. The van der Waals surface area contributed by atoms with Crippen molar-refractivity contribution in [2.24, 2.45) is 10.4 Å². The summed E-state index contributed by atoms with van der Waals surface area (Å²) in [7, 11) is 0. The molecule has 142 valence electrons. The van der Waals surface area contributed by atoms with Crippen LogP contribution in [-0.2, 0) is 0 Å². The third-order valence-corrected chi connectivity index (χ3v) is 7.26. The fraction of sp³-hybridized carbons (Fsp3) is 0.115. The summed E-state index contributed by atoms with van der Waals surface area (Å²) in [6.45, 7) is 4.55. The van der Waals surface area contributed by atoms with Gasteiger partial charge in [-0.15, -0.1) is 0 Å². The molecule has 0 bridgehead atoms. The number of halogens is 2. The number of aliphatic imine (C=N–C) groups is 1. The maximum Gasteiger partial charge on any atom is 0.0583 e. The van der Waals surface area contributed by atoms with Crippen LogP contribution in [0.4, 0.5) is 0 Å². The highest BCUT2D eigenvalue weighted by Gasteiger charge is 2.36. The van der Waals surface area contributed by atoms with Crippen LogP contribution in [0.3, 0.4) is 0 Å². The van der Waals surface area contributed by atoms with Crippen molar-refractivity contribution >= 4 is 64.7 Å². The summed E-state index contributed by atoms with van der Waals surface area (Å²) in [6, 6.07) is 25.7. The van der Waals surface area contributed by atoms with Crippen molar-refractivity contribution < 1.29 is 0 Å². The first-order valence-corrected chi connectivity index (χ1v) is 11.2. The molecule has 4 aromatic rings. The van der Waals surface area contributed by atoms with Crippen LogP contribution in [0.25, 0.3) is 27.1 Å². The minimum Gasteiger partial charge on any atom is -0.259 e. The van der Waals surface area contributed by atoms with E-state index in [0.717, 1.165) is 14.7 Å². The third kappa shape index (κ3) is 2.91. The largest absolute Gasteiger partial charge is 0.259 e. The second-order valence-corrected chi connectivity index (χ2v) is 9.64. The van der Waals surface area contributed by atoms with Crippen molar-refractivity contribution in [3.05, 3.63) is 99.1 Å². The van der Waals surface area contributed by atoms with Crippen LogP contribution in [0.5, 0.6) is 0 Å². The average molecular weight is 505 g/mol. The Morgan fingerprint density at radius 2 is 1.10 bits per heavy atom. The van der Waals surface area contributed by atoms with Crippen LogP contribution in [0.2, 0.25) is 0 Å². The number of benzene rings is 4. The number of hydrogen-bond donors (Lipinski definition) is 0. The maximum atomic E-state index is 4.95. The van der Waals surface area contributed by atoms with E-state index in [1.807, 2.05) is 0 Å². The van der Waals surface area contributed by atoms with E-state index in [9.17, 15) is 0 Å². The molecule has 0 atom stereocenters. The molecule has 4 aromatic carbocycles. The monoisotopic (exact) mass is 503 g/mol. The molecule has 0 saturated heterocycles. The molecule has 29 heavy (non-hydrogen) atoms. The van der Waals surface area contributed by atoms with Crippen LogP contribution >= 0.6 is 31.9 Å². The molecule has 1 heterocycles. The SMILES string of the molecule is CC1(C)C(c2ccc(Br)c3ccccc23)=CN=C1c1ccc(Br)c2ccccc12. The summed E-state index contributed by atoms with van der Waals surface area (Å²) in [5, 5.41) is 4.91. The predicted molar refractivity (Wildman–Crippen MR) is 132 cm³/mol. The van der Waals surface area contributed by atoms with E-state index in [1.165, 1.54) is 38.2 Å². The number of fused-ring (bicyclic) bond motifs is 2. The number of nitrogens with zero attached hydrogens (tertiary/aromatic N) is 1. The molecule has 0 spiro atoms. The van der Waals surface area contributed by atoms with Gasteiger partial charge in [0.05, 0.1) is 5.71 Å². The lowest BCUT2D eigenvalue weighted by molar-refractivity contribution is 0.714. The van der Waals surface area contributed by atoms with E-state index >= 15 is 0 Å². The van der Waals surface area contributed by atoms with Gasteiger partial charge >= 0.3 is 0 Å². The Balaban J connectivity index is 1.67. The van der Waals surface area contributed by atoms with Gasteiger partial charge in [-0.1, -0.05) is 106 Å². The van der Waals surface area contributed by atoms with Gasteiger partial charge in [0.1, 0.15) is 0 Å². The van der Waals surface area contributed by atoms with E-state index in [-0.39, 0.29) is 5.41 Å². The summed E-state index contributed by atoms with van der Waals surface area (Å²) >= 11 is 7.39. The molecule has 3 heteroatoms. The number of rotatable bonds is 2. The molecular weight excluding hydrogens is 486 g/mol. The molecule has 1 nitrogen and oxygen atoms in total. The molecule has 0 aliphatic carbocycles. The fourth-order valence-electron chi connectivity index (χ4n) is 4.36. The van der Waals surface area contributed by atoms with Gasteiger partial charge in [-0.05, 0) is 44.8 Å². The van der Waals surface area contributed by atoms with Crippen LogP contribution in [0.15, 0.2) is 92.9 Å². The molecule has 0 unspecified atom stereocenters. The van der Waals surface area contributed by atoms with E-state index in [4.69, 9.17) is 4.99 Å². The number of allylic oxidation sites excluding steroid dienone is 1. The van der Waals surface area contributed by atoms with Crippen LogP contribution in [0, 0.1) is 5.41 Å². The van der Waals surface area contributed by atoms with Crippen molar-refractivity contribution in [1.29, 1.82) is 0 Å². The summed E-state index contributed by atoms with van der Waals surface area (Å²) in [5.41, 5.74) is 4.61. The summed E-state index contributed by atoms with van der Waals surface area (Å²) < 4.78 is 2.23. The highest BCUT2D eigenvalue weighted by atomic mass is 79.9. The molecule has 0 aromatic heterocycles. The second kappa shape index (κ2) is 6.93. The Morgan fingerprint density at radius 1 is 0.621 bits per heavy atom. The smallest absolute Gasteiger partial charge is 0.0583 e. The molecule has 1 aliphatic rings. The standard InChI is InChI=1S/C26H19Br2N/c1-26(2)22(18-11-13-23(27)19-9-5-3-7-16(18)19)15-29-25(26)21-12-14-24(28)20-10-6-4-8-17(20)21/h3-15H,1-2H3. The van der Waals surface area contributed by atoms with Crippen molar-refractivity contribution in [3.63, 3.8) is 0 Å². The summed E-state index contributed by atoms with van der Waals surface area (Å²) in [5.74, 6) is 0. The van der Waals surface area contributed by atoms with Crippen LogP contribution in [0.1, 0.15) is 25.0 Å². The van der Waals surface area contributed by atoms with Gasteiger partial charge < -0.3 is 0 Å². The first-order chi connectivity index (χ1) is 14.0. The highest BCUT2D eigenvalue weighted by Crippen LogP contribution is 2.46. The molecule has 0 fully saturated rings. The summed E-state index contributed by atoms with van der Waals surface area (Å²) in [4.78, 5) is 4.95. The van der Waals surface area contributed by atoms with Crippen LogP contribution < -0.4 is 0 Å². The lowest BCUT2D eigenvalue weighted by Crippen LogP contribution is -2.24. The van der Waals surface area contributed by atoms with Gasteiger partial charge in [0.25, 0.3) is 0 Å². The maximum absolute atomic E-state index is 4.95. The molecule has 0 N–H and O–H groups in total. The van der Waals surface area contributed by atoms with Gasteiger partial charge in [-0.2, -0.15) is 0 Å². The Kier molecular flexibility index (Phi) is 4.49. The second-order valence-electron chi connectivity index (χ2n) is 7.93. The van der Waals surface area contributed by atoms with Gasteiger partial charge in [0.15, 0.2) is 0 Å². The van der Waals surface area contributed by atoms with E-state index in [0.29, 0.717) is 0 Å². The lowest BCUT2D eigenvalue weighted by Gasteiger charge is -2.27. The highest BCUT2D eigenvalue weighted by molar-refractivity contribution is 9.11. The molecule has 0 amide bonds. The Hall–Kier alpha value is -2.23. The van der Waals surface area contributed by atoms with Crippen molar-refractivity contribution in [2.75, 3.05) is 0 Å². The molecule has 5 rings (SSSR count). The van der Waals surface area contributed by atoms with Crippen molar-refractivity contribution in [3.8, 4) is 0 Å². The predicted octanol–water partition coefficient (Wildman–Crippen LogP) is 8.39. The van der Waals surface area contributed by atoms with E-state index < -0.39 is 0 Å². The van der Waals surface area contributed by atoms with E-state index in [2.05, 4.69) is 125 Å².